The van der Waals surface area contributed by atoms with E-state index in [4.69, 9.17) is 14.2 Å². The molecule has 0 aromatic heterocycles. The zero-order valence-corrected chi connectivity index (χ0v) is 16.0. The van der Waals surface area contributed by atoms with Crippen LogP contribution in [0.4, 0.5) is 10.1 Å². The number of ether oxygens (including phenoxy) is 3. The number of benzene rings is 2. The third kappa shape index (κ3) is 4.68. The van der Waals surface area contributed by atoms with Crippen molar-refractivity contribution in [2.24, 2.45) is 0 Å². The monoisotopic (exact) mass is 397 g/mol. The molecule has 146 valence electrons. The molecule has 0 aliphatic carbocycles. The highest BCUT2D eigenvalue weighted by molar-refractivity contribution is 7.92. The third-order valence-corrected chi connectivity index (χ3v) is 5.39. The molecular weight excluding hydrogens is 377 g/mol. The lowest BCUT2D eigenvalue weighted by molar-refractivity contribution is -0.141. The second-order valence-electron chi connectivity index (χ2n) is 5.31. The Bertz CT molecular complexity index is 916. The fourth-order valence-electron chi connectivity index (χ4n) is 2.37. The van der Waals surface area contributed by atoms with Gasteiger partial charge in [0.25, 0.3) is 10.0 Å². The van der Waals surface area contributed by atoms with Crippen molar-refractivity contribution in [1.82, 2.24) is 0 Å². The fourth-order valence-corrected chi connectivity index (χ4v) is 3.79. The molecule has 2 aromatic rings. The van der Waals surface area contributed by atoms with E-state index in [1.807, 2.05) is 0 Å². The molecule has 0 aliphatic rings. The summed E-state index contributed by atoms with van der Waals surface area (Å²) in [5.41, 5.74) is -0.00200. The molecule has 0 saturated carbocycles. The van der Waals surface area contributed by atoms with Crippen molar-refractivity contribution in [1.29, 1.82) is 0 Å². The lowest BCUT2D eigenvalue weighted by atomic mass is 10.3. The van der Waals surface area contributed by atoms with Crippen LogP contribution in [0.3, 0.4) is 0 Å². The number of hydrogen-bond donors (Lipinski definition) is 0. The Morgan fingerprint density at radius 3 is 2.37 bits per heavy atom. The molecule has 2 rings (SSSR count). The quantitative estimate of drug-likeness (QED) is 0.637. The van der Waals surface area contributed by atoms with Gasteiger partial charge in [-0.2, -0.15) is 0 Å². The number of halogens is 1. The van der Waals surface area contributed by atoms with E-state index in [1.165, 1.54) is 50.6 Å². The minimum absolute atomic E-state index is 0.00200. The normalized spacial score (nSPS) is 11.0. The molecule has 27 heavy (non-hydrogen) atoms. The molecule has 0 saturated heterocycles. The summed E-state index contributed by atoms with van der Waals surface area (Å²) in [6.45, 7) is 1.09. The van der Waals surface area contributed by atoms with Gasteiger partial charge in [0.1, 0.15) is 12.4 Å². The van der Waals surface area contributed by atoms with Gasteiger partial charge < -0.3 is 14.2 Å². The molecule has 0 radical (unpaired) electrons. The minimum Gasteiger partial charge on any atom is -0.493 e. The third-order valence-electron chi connectivity index (χ3n) is 3.62. The van der Waals surface area contributed by atoms with E-state index >= 15 is 0 Å². The molecule has 0 atom stereocenters. The van der Waals surface area contributed by atoms with Crippen molar-refractivity contribution in [3.05, 3.63) is 48.3 Å². The van der Waals surface area contributed by atoms with E-state index in [1.54, 1.807) is 6.92 Å². The van der Waals surface area contributed by atoms with Crippen LogP contribution >= 0.6 is 0 Å². The molecule has 0 heterocycles. The zero-order valence-electron chi connectivity index (χ0n) is 15.1. The van der Waals surface area contributed by atoms with Crippen molar-refractivity contribution in [2.75, 3.05) is 31.7 Å². The topological polar surface area (TPSA) is 82.1 Å². The van der Waals surface area contributed by atoms with E-state index in [0.717, 1.165) is 10.4 Å². The first-order valence-electron chi connectivity index (χ1n) is 7.99. The van der Waals surface area contributed by atoms with E-state index in [2.05, 4.69) is 0 Å². The molecule has 0 N–H and O–H groups in total. The SMILES string of the molecule is CCOC(=O)CN(c1cccc(F)c1)S(=O)(=O)c1ccc(OC)c(OC)c1. The molecule has 0 bridgehead atoms. The number of esters is 1. The van der Waals surface area contributed by atoms with E-state index in [0.29, 0.717) is 5.75 Å². The van der Waals surface area contributed by atoms with Crippen molar-refractivity contribution >= 4 is 21.7 Å². The Balaban J connectivity index is 2.54. The fraction of sp³-hybridized carbons (Fsp3) is 0.278. The number of anilines is 1. The van der Waals surface area contributed by atoms with Crippen LogP contribution in [0.1, 0.15) is 6.92 Å². The number of hydrogen-bond acceptors (Lipinski definition) is 6. The predicted octanol–water partition coefficient (Wildman–Crippen LogP) is 2.60. The lowest BCUT2D eigenvalue weighted by Gasteiger charge is -2.24. The van der Waals surface area contributed by atoms with Gasteiger partial charge in [0, 0.05) is 6.07 Å². The summed E-state index contributed by atoms with van der Waals surface area (Å²) >= 11 is 0. The van der Waals surface area contributed by atoms with Gasteiger partial charge in [0.2, 0.25) is 0 Å². The maximum absolute atomic E-state index is 13.6. The summed E-state index contributed by atoms with van der Waals surface area (Å²) in [6.07, 6.45) is 0. The van der Waals surface area contributed by atoms with E-state index < -0.39 is 28.4 Å². The first-order chi connectivity index (χ1) is 12.8. The molecule has 9 heteroatoms. The number of carbonyl (C=O) groups is 1. The Hall–Kier alpha value is -2.81. The Morgan fingerprint density at radius 1 is 1.07 bits per heavy atom. The highest BCUT2D eigenvalue weighted by atomic mass is 32.2. The highest BCUT2D eigenvalue weighted by Gasteiger charge is 2.29. The van der Waals surface area contributed by atoms with Gasteiger partial charge in [-0.1, -0.05) is 6.07 Å². The average Bonchev–Trinajstić information content (AvgIpc) is 2.65. The van der Waals surface area contributed by atoms with E-state index in [-0.39, 0.29) is 22.9 Å². The van der Waals surface area contributed by atoms with Crippen LogP contribution in [0.2, 0.25) is 0 Å². The van der Waals surface area contributed by atoms with Crippen molar-refractivity contribution < 1.29 is 31.8 Å². The van der Waals surface area contributed by atoms with Crippen LogP contribution in [0.15, 0.2) is 47.4 Å². The molecular formula is C18H20FNO6S. The summed E-state index contributed by atoms with van der Waals surface area (Å²) in [5.74, 6) is -0.845. The molecule has 0 fully saturated rings. The van der Waals surface area contributed by atoms with E-state index in [9.17, 15) is 17.6 Å². The zero-order chi connectivity index (χ0) is 20.0. The van der Waals surface area contributed by atoms with Crippen molar-refractivity contribution in [3.8, 4) is 11.5 Å². The number of rotatable bonds is 8. The van der Waals surface area contributed by atoms with Gasteiger partial charge in [-0.3, -0.25) is 9.10 Å². The van der Waals surface area contributed by atoms with Crippen molar-refractivity contribution in [2.45, 2.75) is 11.8 Å². The largest absolute Gasteiger partial charge is 0.493 e. The van der Waals surface area contributed by atoms with Crippen LogP contribution in [-0.4, -0.2) is 41.8 Å². The smallest absolute Gasteiger partial charge is 0.326 e. The summed E-state index contributed by atoms with van der Waals surface area (Å²) < 4.78 is 55.8. The molecule has 0 aliphatic heterocycles. The average molecular weight is 397 g/mol. The second-order valence-corrected chi connectivity index (χ2v) is 7.18. The summed E-state index contributed by atoms with van der Waals surface area (Å²) in [6, 6.07) is 8.96. The Labute approximate surface area is 157 Å². The summed E-state index contributed by atoms with van der Waals surface area (Å²) in [7, 11) is -1.42. The van der Waals surface area contributed by atoms with Gasteiger partial charge in [-0.05, 0) is 37.3 Å². The van der Waals surface area contributed by atoms with Crippen LogP contribution < -0.4 is 13.8 Å². The van der Waals surface area contributed by atoms with Gasteiger partial charge in [0.05, 0.1) is 31.4 Å². The molecule has 7 nitrogen and oxygen atoms in total. The molecule has 0 unspecified atom stereocenters. The second kappa shape index (κ2) is 8.72. The lowest BCUT2D eigenvalue weighted by Crippen LogP contribution is -2.36. The van der Waals surface area contributed by atoms with Gasteiger partial charge in [-0.25, -0.2) is 12.8 Å². The maximum Gasteiger partial charge on any atom is 0.326 e. The molecule has 0 amide bonds. The Kier molecular flexibility index (Phi) is 6.62. The predicted molar refractivity (Wildman–Crippen MR) is 97.1 cm³/mol. The van der Waals surface area contributed by atoms with Gasteiger partial charge >= 0.3 is 5.97 Å². The van der Waals surface area contributed by atoms with Crippen molar-refractivity contribution in [3.63, 3.8) is 0 Å². The highest BCUT2D eigenvalue weighted by Crippen LogP contribution is 2.32. The number of carbonyl (C=O) groups excluding carboxylic acids is 1. The van der Waals surface area contributed by atoms with Crippen LogP contribution in [0, 0.1) is 5.82 Å². The number of methoxy groups -OCH3 is 2. The molecule has 0 spiro atoms. The number of nitrogens with zero attached hydrogens (tertiary/aromatic N) is 1. The van der Waals surface area contributed by atoms with Crippen LogP contribution in [0.25, 0.3) is 0 Å². The summed E-state index contributed by atoms with van der Waals surface area (Å²) in [5, 5.41) is 0. The van der Waals surface area contributed by atoms with Crippen LogP contribution in [-0.2, 0) is 19.6 Å². The standard InChI is InChI=1S/C18H20FNO6S/c1-4-26-18(21)12-20(14-7-5-6-13(19)10-14)27(22,23)15-8-9-16(24-2)17(11-15)25-3/h5-11H,4,12H2,1-3H3. The first kappa shape index (κ1) is 20.5. The summed E-state index contributed by atoms with van der Waals surface area (Å²) in [4.78, 5) is 11.8. The first-order valence-corrected chi connectivity index (χ1v) is 9.43. The number of sulfonamides is 1. The minimum atomic E-state index is -4.21. The van der Waals surface area contributed by atoms with Gasteiger partial charge in [0.15, 0.2) is 11.5 Å². The molecule has 2 aromatic carbocycles. The maximum atomic E-state index is 13.6. The Morgan fingerprint density at radius 2 is 1.78 bits per heavy atom. The van der Waals surface area contributed by atoms with Gasteiger partial charge in [-0.15, -0.1) is 0 Å². The van der Waals surface area contributed by atoms with Crippen LogP contribution in [0.5, 0.6) is 11.5 Å².